The monoisotopic (exact) mass is 328 g/mol. The van der Waals surface area contributed by atoms with E-state index < -0.39 is 0 Å². The van der Waals surface area contributed by atoms with Crippen LogP contribution in [0, 0.1) is 0 Å². The highest BCUT2D eigenvalue weighted by molar-refractivity contribution is 5.06. The first-order valence-corrected chi connectivity index (χ1v) is 8.86. The first-order valence-electron chi connectivity index (χ1n) is 8.86. The second kappa shape index (κ2) is 7.85. The predicted octanol–water partition coefficient (Wildman–Crippen LogP) is 2.13. The number of pyridine rings is 1. The number of piperidine rings is 1. The summed E-state index contributed by atoms with van der Waals surface area (Å²) in [6, 6.07) is 6.14. The van der Waals surface area contributed by atoms with Crippen molar-refractivity contribution >= 4 is 0 Å². The van der Waals surface area contributed by atoms with E-state index in [0.717, 1.165) is 57.1 Å². The largest absolute Gasteiger partial charge is 0.314 e. The Bertz CT molecular complexity index is 628. The number of hydrogen-bond donors (Lipinski definition) is 0. The van der Waals surface area contributed by atoms with Crippen molar-refractivity contribution in [2.75, 3.05) is 27.2 Å². The van der Waals surface area contributed by atoms with Gasteiger partial charge in [0.05, 0.1) is 12.2 Å². The van der Waals surface area contributed by atoms with Crippen molar-refractivity contribution in [1.82, 2.24) is 29.5 Å². The lowest BCUT2D eigenvalue weighted by molar-refractivity contribution is 0.198. The van der Waals surface area contributed by atoms with Crippen LogP contribution in [-0.2, 0) is 19.6 Å². The van der Waals surface area contributed by atoms with Crippen LogP contribution in [0.3, 0.4) is 0 Å². The standard InChI is InChI=1S/C18H28N6/c1-4-24-17(14-22(2)3)20-21-18(24)15-8-11-23(12-9-15)13-16-7-5-6-10-19-16/h5-7,10,15H,4,8-9,11-14H2,1-3H3. The fourth-order valence-electron chi connectivity index (χ4n) is 3.47. The van der Waals surface area contributed by atoms with Crippen molar-refractivity contribution in [3.63, 3.8) is 0 Å². The average molecular weight is 328 g/mol. The van der Waals surface area contributed by atoms with Gasteiger partial charge >= 0.3 is 0 Å². The molecule has 0 spiro atoms. The highest BCUT2D eigenvalue weighted by Crippen LogP contribution is 2.28. The summed E-state index contributed by atoms with van der Waals surface area (Å²) in [5, 5.41) is 8.96. The summed E-state index contributed by atoms with van der Waals surface area (Å²) in [5.74, 6) is 2.77. The molecule has 0 saturated carbocycles. The second-order valence-electron chi connectivity index (χ2n) is 6.83. The van der Waals surface area contributed by atoms with E-state index in [4.69, 9.17) is 0 Å². The molecule has 130 valence electrons. The normalized spacial score (nSPS) is 16.8. The molecule has 1 saturated heterocycles. The summed E-state index contributed by atoms with van der Waals surface area (Å²) in [7, 11) is 4.15. The fourth-order valence-corrected chi connectivity index (χ4v) is 3.47. The van der Waals surface area contributed by atoms with E-state index in [1.165, 1.54) is 5.82 Å². The molecule has 6 heteroatoms. The smallest absolute Gasteiger partial charge is 0.147 e. The van der Waals surface area contributed by atoms with E-state index >= 15 is 0 Å². The molecular formula is C18H28N6. The summed E-state index contributed by atoms with van der Waals surface area (Å²) in [6.07, 6.45) is 4.16. The molecule has 1 fully saturated rings. The predicted molar refractivity (Wildman–Crippen MR) is 94.6 cm³/mol. The van der Waals surface area contributed by atoms with Crippen LogP contribution in [0.25, 0.3) is 0 Å². The van der Waals surface area contributed by atoms with E-state index in [1.807, 2.05) is 12.3 Å². The van der Waals surface area contributed by atoms with Gasteiger partial charge in [-0.3, -0.25) is 9.88 Å². The van der Waals surface area contributed by atoms with Gasteiger partial charge in [-0.15, -0.1) is 10.2 Å². The lowest BCUT2D eigenvalue weighted by Gasteiger charge is -2.31. The number of nitrogens with zero attached hydrogens (tertiary/aromatic N) is 6. The summed E-state index contributed by atoms with van der Waals surface area (Å²) in [4.78, 5) is 9.08. The summed E-state index contributed by atoms with van der Waals surface area (Å²) in [6.45, 7) is 7.11. The van der Waals surface area contributed by atoms with Crippen LogP contribution in [0.4, 0.5) is 0 Å². The van der Waals surface area contributed by atoms with E-state index in [9.17, 15) is 0 Å². The summed E-state index contributed by atoms with van der Waals surface area (Å²) in [5.41, 5.74) is 1.15. The molecule has 3 rings (SSSR count). The molecule has 0 aliphatic carbocycles. The summed E-state index contributed by atoms with van der Waals surface area (Å²) >= 11 is 0. The van der Waals surface area contributed by atoms with Crippen molar-refractivity contribution in [2.24, 2.45) is 0 Å². The van der Waals surface area contributed by atoms with Gasteiger partial charge < -0.3 is 9.47 Å². The summed E-state index contributed by atoms with van der Waals surface area (Å²) < 4.78 is 2.30. The Kier molecular flexibility index (Phi) is 5.58. The van der Waals surface area contributed by atoms with E-state index in [1.54, 1.807) is 0 Å². The fraction of sp³-hybridized carbons (Fsp3) is 0.611. The molecule has 0 aromatic carbocycles. The lowest BCUT2D eigenvalue weighted by atomic mass is 9.95. The quantitative estimate of drug-likeness (QED) is 0.813. The van der Waals surface area contributed by atoms with Crippen LogP contribution in [0.2, 0.25) is 0 Å². The molecule has 1 aliphatic heterocycles. The van der Waals surface area contributed by atoms with Crippen LogP contribution in [0.15, 0.2) is 24.4 Å². The van der Waals surface area contributed by atoms with Gasteiger partial charge in [-0.2, -0.15) is 0 Å². The minimum absolute atomic E-state index is 0.522. The van der Waals surface area contributed by atoms with E-state index in [-0.39, 0.29) is 0 Å². The highest BCUT2D eigenvalue weighted by Gasteiger charge is 2.26. The van der Waals surface area contributed by atoms with Crippen LogP contribution in [0.1, 0.15) is 43.0 Å². The van der Waals surface area contributed by atoms with Crippen LogP contribution in [0.5, 0.6) is 0 Å². The topological polar surface area (TPSA) is 50.1 Å². The van der Waals surface area contributed by atoms with E-state index in [0.29, 0.717) is 5.92 Å². The van der Waals surface area contributed by atoms with Crippen LogP contribution < -0.4 is 0 Å². The molecule has 0 unspecified atom stereocenters. The van der Waals surface area contributed by atoms with Gasteiger partial charge in [-0.05, 0) is 59.1 Å². The van der Waals surface area contributed by atoms with Crippen LogP contribution in [-0.4, -0.2) is 56.7 Å². The van der Waals surface area contributed by atoms with Gasteiger partial charge in [0.1, 0.15) is 11.6 Å². The Labute approximate surface area is 144 Å². The minimum Gasteiger partial charge on any atom is -0.314 e. The maximum absolute atomic E-state index is 4.53. The molecule has 24 heavy (non-hydrogen) atoms. The van der Waals surface area contributed by atoms with Gasteiger partial charge in [0.25, 0.3) is 0 Å². The zero-order valence-corrected chi connectivity index (χ0v) is 15.0. The lowest BCUT2D eigenvalue weighted by Crippen LogP contribution is -2.33. The van der Waals surface area contributed by atoms with Gasteiger partial charge in [0.15, 0.2) is 0 Å². The molecule has 6 nitrogen and oxygen atoms in total. The molecule has 2 aromatic rings. The third-order valence-corrected chi connectivity index (χ3v) is 4.69. The average Bonchev–Trinajstić information content (AvgIpc) is 2.98. The van der Waals surface area contributed by atoms with Gasteiger partial charge in [0.2, 0.25) is 0 Å². The van der Waals surface area contributed by atoms with Crippen molar-refractivity contribution < 1.29 is 0 Å². The second-order valence-corrected chi connectivity index (χ2v) is 6.83. The Morgan fingerprint density at radius 3 is 2.58 bits per heavy atom. The molecule has 0 amide bonds. The Balaban J connectivity index is 1.61. The first kappa shape index (κ1) is 17.0. The number of aromatic nitrogens is 4. The minimum atomic E-state index is 0.522. The third-order valence-electron chi connectivity index (χ3n) is 4.69. The molecule has 1 aliphatic rings. The molecular weight excluding hydrogens is 300 g/mol. The number of hydrogen-bond acceptors (Lipinski definition) is 5. The van der Waals surface area contributed by atoms with Crippen LogP contribution >= 0.6 is 0 Å². The zero-order valence-electron chi connectivity index (χ0n) is 15.0. The Hall–Kier alpha value is -1.79. The van der Waals surface area contributed by atoms with Crippen molar-refractivity contribution in [1.29, 1.82) is 0 Å². The van der Waals surface area contributed by atoms with Crippen molar-refractivity contribution in [2.45, 2.75) is 45.3 Å². The van der Waals surface area contributed by atoms with Gasteiger partial charge in [-0.25, -0.2) is 0 Å². The number of likely N-dealkylation sites (tertiary alicyclic amines) is 1. The SMILES string of the molecule is CCn1c(CN(C)C)nnc1C1CCN(Cc2ccccn2)CC1. The molecule has 0 radical (unpaired) electrons. The molecule has 0 atom stereocenters. The molecule has 0 N–H and O–H groups in total. The zero-order chi connectivity index (χ0) is 16.9. The Morgan fingerprint density at radius 1 is 1.17 bits per heavy atom. The Morgan fingerprint density at radius 2 is 1.96 bits per heavy atom. The maximum Gasteiger partial charge on any atom is 0.147 e. The van der Waals surface area contributed by atoms with Crippen molar-refractivity contribution in [3.05, 3.63) is 41.7 Å². The third kappa shape index (κ3) is 3.99. The van der Waals surface area contributed by atoms with Gasteiger partial charge in [-0.1, -0.05) is 6.07 Å². The van der Waals surface area contributed by atoms with E-state index in [2.05, 4.69) is 62.7 Å². The highest BCUT2D eigenvalue weighted by atomic mass is 15.3. The molecule has 3 heterocycles. The van der Waals surface area contributed by atoms with Gasteiger partial charge in [0, 0.05) is 25.2 Å². The molecule has 0 bridgehead atoms. The van der Waals surface area contributed by atoms with Crippen molar-refractivity contribution in [3.8, 4) is 0 Å². The first-order chi connectivity index (χ1) is 11.7. The molecule has 2 aromatic heterocycles. The maximum atomic E-state index is 4.53. The number of rotatable bonds is 6.